The monoisotopic (exact) mass is 285 g/mol. The summed E-state index contributed by atoms with van der Waals surface area (Å²) in [7, 11) is 1.17. The van der Waals surface area contributed by atoms with Crippen molar-refractivity contribution >= 4 is 22.1 Å². The molecule has 1 saturated carbocycles. The lowest BCUT2D eigenvalue weighted by Crippen LogP contribution is -2.44. The van der Waals surface area contributed by atoms with Crippen molar-refractivity contribution in [2.24, 2.45) is 5.92 Å². The smallest absolute Gasteiger partial charge is 0.0914 e. The summed E-state index contributed by atoms with van der Waals surface area (Å²) in [6.45, 7) is 2.25. The minimum absolute atomic E-state index is 0.291. The SMILES string of the molecule is CCCC1CCC(NC)C(S(=O)c2cccs2)C1. The second-order valence-electron chi connectivity index (χ2n) is 5.13. The molecule has 0 bridgehead atoms. The molecule has 1 N–H and O–H groups in total. The predicted molar refractivity (Wildman–Crippen MR) is 79.6 cm³/mol. The van der Waals surface area contributed by atoms with Gasteiger partial charge in [0.1, 0.15) is 0 Å². The molecule has 4 unspecified atom stereocenters. The van der Waals surface area contributed by atoms with Crippen LogP contribution in [0, 0.1) is 5.92 Å². The highest BCUT2D eigenvalue weighted by Gasteiger charge is 2.34. The van der Waals surface area contributed by atoms with Crippen molar-refractivity contribution in [3.05, 3.63) is 17.5 Å². The molecule has 2 nitrogen and oxygen atoms in total. The van der Waals surface area contributed by atoms with Crippen LogP contribution in [-0.4, -0.2) is 22.5 Å². The van der Waals surface area contributed by atoms with Crippen LogP contribution in [0.2, 0.25) is 0 Å². The Kier molecular flexibility index (Phi) is 5.39. The highest BCUT2D eigenvalue weighted by Crippen LogP contribution is 2.33. The number of rotatable bonds is 5. The van der Waals surface area contributed by atoms with Gasteiger partial charge in [0.2, 0.25) is 0 Å². The zero-order chi connectivity index (χ0) is 13.0. The van der Waals surface area contributed by atoms with Crippen LogP contribution < -0.4 is 5.32 Å². The van der Waals surface area contributed by atoms with Gasteiger partial charge in [0.05, 0.1) is 20.3 Å². The Morgan fingerprint density at radius 2 is 2.33 bits per heavy atom. The largest absolute Gasteiger partial charge is 0.316 e. The van der Waals surface area contributed by atoms with Gasteiger partial charge in [-0.2, -0.15) is 0 Å². The van der Waals surface area contributed by atoms with Crippen molar-refractivity contribution in [3.63, 3.8) is 0 Å². The van der Waals surface area contributed by atoms with Crippen LogP contribution in [0.15, 0.2) is 21.7 Å². The van der Waals surface area contributed by atoms with E-state index >= 15 is 0 Å². The molecule has 0 radical (unpaired) electrons. The topological polar surface area (TPSA) is 29.1 Å². The Labute approximate surface area is 117 Å². The second kappa shape index (κ2) is 6.83. The standard InChI is InChI=1S/C14H23NOS2/c1-3-5-11-7-8-12(15-2)13(10-11)18(16)14-6-4-9-17-14/h4,6,9,11-13,15H,3,5,7-8,10H2,1-2H3. The van der Waals surface area contributed by atoms with Crippen LogP contribution in [0.3, 0.4) is 0 Å². The van der Waals surface area contributed by atoms with Gasteiger partial charge in [0, 0.05) is 6.04 Å². The molecule has 1 heterocycles. The maximum atomic E-state index is 12.7. The molecule has 1 fully saturated rings. The zero-order valence-corrected chi connectivity index (χ0v) is 12.9. The van der Waals surface area contributed by atoms with E-state index in [1.807, 2.05) is 24.6 Å². The molecule has 0 spiro atoms. The second-order valence-corrected chi connectivity index (χ2v) is 7.98. The van der Waals surface area contributed by atoms with Crippen LogP contribution in [0.5, 0.6) is 0 Å². The zero-order valence-electron chi connectivity index (χ0n) is 11.2. The Morgan fingerprint density at radius 3 is 2.94 bits per heavy atom. The summed E-state index contributed by atoms with van der Waals surface area (Å²) < 4.78 is 13.7. The molecule has 18 heavy (non-hydrogen) atoms. The lowest BCUT2D eigenvalue weighted by molar-refractivity contribution is 0.292. The van der Waals surface area contributed by atoms with Crippen LogP contribution >= 0.6 is 11.3 Å². The molecule has 1 aromatic rings. The van der Waals surface area contributed by atoms with Crippen molar-refractivity contribution in [1.29, 1.82) is 0 Å². The average Bonchev–Trinajstić information content (AvgIpc) is 2.92. The molecule has 4 atom stereocenters. The molecule has 102 valence electrons. The number of hydrogen-bond acceptors (Lipinski definition) is 3. The average molecular weight is 285 g/mol. The van der Waals surface area contributed by atoms with Crippen molar-refractivity contribution in [2.45, 2.75) is 54.5 Å². The van der Waals surface area contributed by atoms with Crippen molar-refractivity contribution in [2.75, 3.05) is 7.05 Å². The van der Waals surface area contributed by atoms with E-state index in [1.54, 1.807) is 11.3 Å². The Morgan fingerprint density at radius 1 is 1.50 bits per heavy atom. The van der Waals surface area contributed by atoms with Crippen LogP contribution in [0.25, 0.3) is 0 Å². The lowest BCUT2D eigenvalue weighted by atomic mass is 9.83. The summed E-state index contributed by atoms with van der Waals surface area (Å²) in [5, 5.41) is 5.68. The summed E-state index contributed by atoms with van der Waals surface area (Å²) in [6.07, 6.45) is 6.10. The van der Waals surface area contributed by atoms with Gasteiger partial charge in [0.15, 0.2) is 0 Å². The van der Waals surface area contributed by atoms with E-state index in [1.165, 1.54) is 25.7 Å². The minimum atomic E-state index is -0.837. The molecule has 0 aliphatic heterocycles. The Hall–Kier alpha value is -0.190. The third-order valence-electron chi connectivity index (χ3n) is 3.94. The van der Waals surface area contributed by atoms with E-state index in [2.05, 4.69) is 12.2 Å². The van der Waals surface area contributed by atoms with Gasteiger partial charge in [-0.05, 0) is 43.7 Å². The molecule has 1 aliphatic carbocycles. The van der Waals surface area contributed by atoms with E-state index in [4.69, 9.17) is 0 Å². The van der Waals surface area contributed by atoms with E-state index in [0.29, 0.717) is 11.3 Å². The number of hydrogen-bond donors (Lipinski definition) is 1. The minimum Gasteiger partial charge on any atom is -0.316 e. The first-order valence-corrected chi connectivity index (χ1v) is 8.96. The van der Waals surface area contributed by atoms with Crippen molar-refractivity contribution in [1.82, 2.24) is 5.32 Å². The first-order valence-electron chi connectivity index (χ1n) is 6.87. The molecule has 4 heteroatoms. The first kappa shape index (κ1) is 14.2. The van der Waals surface area contributed by atoms with Gasteiger partial charge in [-0.1, -0.05) is 25.8 Å². The van der Waals surface area contributed by atoms with Gasteiger partial charge in [-0.25, -0.2) is 0 Å². The van der Waals surface area contributed by atoms with E-state index in [9.17, 15) is 4.21 Å². The lowest BCUT2D eigenvalue weighted by Gasteiger charge is -2.35. The van der Waals surface area contributed by atoms with E-state index < -0.39 is 10.8 Å². The maximum absolute atomic E-state index is 12.7. The van der Waals surface area contributed by atoms with Crippen LogP contribution in [0.4, 0.5) is 0 Å². The third-order valence-corrected chi connectivity index (χ3v) is 6.98. The number of nitrogens with one attached hydrogen (secondary N) is 1. The normalized spacial score (nSPS) is 30.2. The summed E-state index contributed by atoms with van der Waals surface area (Å²) in [5.74, 6) is 0.772. The molecule has 0 saturated heterocycles. The summed E-state index contributed by atoms with van der Waals surface area (Å²) in [4.78, 5) is 0. The molecular formula is C14H23NOS2. The van der Waals surface area contributed by atoms with Gasteiger partial charge in [0.25, 0.3) is 0 Å². The highest BCUT2D eigenvalue weighted by molar-refractivity contribution is 7.88. The number of thiophene rings is 1. The summed E-state index contributed by atoms with van der Waals surface area (Å²) in [5.41, 5.74) is 0. The van der Waals surface area contributed by atoms with Crippen LogP contribution in [-0.2, 0) is 10.8 Å². The first-order chi connectivity index (χ1) is 8.76. The van der Waals surface area contributed by atoms with Gasteiger partial charge in [-0.15, -0.1) is 11.3 Å². The third kappa shape index (κ3) is 3.22. The Bertz CT molecular complexity index is 377. The summed E-state index contributed by atoms with van der Waals surface area (Å²) >= 11 is 1.62. The molecule has 2 rings (SSSR count). The van der Waals surface area contributed by atoms with E-state index in [-0.39, 0.29) is 0 Å². The molecule has 0 aromatic carbocycles. The fourth-order valence-corrected chi connectivity index (χ4v) is 5.87. The fourth-order valence-electron chi connectivity index (χ4n) is 2.98. The highest BCUT2D eigenvalue weighted by atomic mass is 32.2. The summed E-state index contributed by atoms with van der Waals surface area (Å²) in [6, 6.07) is 4.43. The fraction of sp³-hybridized carbons (Fsp3) is 0.714. The van der Waals surface area contributed by atoms with Crippen molar-refractivity contribution in [3.8, 4) is 0 Å². The van der Waals surface area contributed by atoms with E-state index in [0.717, 1.165) is 16.5 Å². The van der Waals surface area contributed by atoms with Gasteiger partial charge >= 0.3 is 0 Å². The van der Waals surface area contributed by atoms with Gasteiger partial charge < -0.3 is 5.32 Å². The van der Waals surface area contributed by atoms with Gasteiger partial charge in [-0.3, -0.25) is 4.21 Å². The molecular weight excluding hydrogens is 262 g/mol. The molecule has 1 aromatic heterocycles. The Balaban J connectivity index is 2.08. The van der Waals surface area contributed by atoms with Crippen LogP contribution in [0.1, 0.15) is 39.0 Å². The molecule has 0 amide bonds. The quantitative estimate of drug-likeness (QED) is 0.898. The molecule has 1 aliphatic rings. The van der Waals surface area contributed by atoms with Crippen molar-refractivity contribution < 1.29 is 4.21 Å². The predicted octanol–water partition coefficient (Wildman–Crippen LogP) is 3.41. The maximum Gasteiger partial charge on any atom is 0.0914 e.